The lowest BCUT2D eigenvalue weighted by Gasteiger charge is -2.26. The number of rotatable bonds is 5. The Morgan fingerprint density at radius 2 is 1.76 bits per heavy atom. The molecule has 0 bridgehead atoms. The highest BCUT2D eigenvalue weighted by Gasteiger charge is 2.10. The molecule has 1 aliphatic heterocycles. The Hall–Kier alpha value is -0.670. The van der Waals surface area contributed by atoms with Gasteiger partial charge < -0.3 is 4.90 Å². The van der Waals surface area contributed by atoms with Crippen LogP contribution in [0.25, 0.3) is 0 Å². The van der Waals surface area contributed by atoms with E-state index in [9.17, 15) is 4.21 Å². The summed E-state index contributed by atoms with van der Waals surface area (Å²) in [4.78, 5) is 3.47. The number of hydrogen-bond donors (Lipinski definition) is 0. The molecular weight excluding hydrogens is 230 g/mol. The SMILES string of the molecule is O=S(CCCN1CCCCC1)c1ccccc1. The van der Waals surface area contributed by atoms with Crippen LogP contribution in [0, 0.1) is 0 Å². The van der Waals surface area contributed by atoms with Crippen LogP contribution in [-0.4, -0.2) is 34.5 Å². The molecule has 0 spiro atoms. The zero-order valence-electron chi connectivity index (χ0n) is 10.3. The Kier molecular flexibility index (Phi) is 5.20. The highest BCUT2D eigenvalue weighted by molar-refractivity contribution is 7.85. The van der Waals surface area contributed by atoms with Crippen LogP contribution in [0.3, 0.4) is 0 Å². The molecule has 0 aliphatic carbocycles. The summed E-state index contributed by atoms with van der Waals surface area (Å²) in [5.41, 5.74) is 0. The highest BCUT2D eigenvalue weighted by atomic mass is 32.2. The maximum Gasteiger partial charge on any atom is 0.0529 e. The van der Waals surface area contributed by atoms with Gasteiger partial charge in [0, 0.05) is 10.6 Å². The lowest BCUT2D eigenvalue weighted by atomic mass is 10.1. The Labute approximate surface area is 106 Å². The number of benzene rings is 1. The van der Waals surface area contributed by atoms with Crippen LogP contribution in [0.2, 0.25) is 0 Å². The first kappa shape index (κ1) is 12.8. The van der Waals surface area contributed by atoms with Gasteiger partial charge in [0.15, 0.2) is 0 Å². The van der Waals surface area contributed by atoms with Gasteiger partial charge in [-0.25, -0.2) is 0 Å². The molecule has 1 aromatic rings. The molecule has 1 heterocycles. The summed E-state index contributed by atoms with van der Waals surface area (Å²) in [6, 6.07) is 9.79. The fourth-order valence-corrected chi connectivity index (χ4v) is 3.38. The van der Waals surface area contributed by atoms with E-state index in [1.165, 1.54) is 32.4 Å². The van der Waals surface area contributed by atoms with E-state index >= 15 is 0 Å². The predicted molar refractivity (Wildman–Crippen MR) is 72.6 cm³/mol. The molecule has 1 aliphatic rings. The molecule has 2 nitrogen and oxygen atoms in total. The van der Waals surface area contributed by atoms with Gasteiger partial charge >= 0.3 is 0 Å². The van der Waals surface area contributed by atoms with Crippen molar-refractivity contribution in [1.29, 1.82) is 0 Å². The molecule has 1 atom stereocenters. The van der Waals surface area contributed by atoms with Crippen LogP contribution < -0.4 is 0 Å². The third-order valence-corrected chi connectivity index (χ3v) is 4.72. The molecule has 17 heavy (non-hydrogen) atoms. The van der Waals surface area contributed by atoms with E-state index in [4.69, 9.17) is 0 Å². The van der Waals surface area contributed by atoms with Gasteiger partial charge in [0.25, 0.3) is 0 Å². The minimum atomic E-state index is -0.814. The molecule has 1 fully saturated rings. The fraction of sp³-hybridized carbons (Fsp3) is 0.571. The van der Waals surface area contributed by atoms with Gasteiger partial charge in [0.2, 0.25) is 0 Å². The molecule has 94 valence electrons. The average molecular weight is 251 g/mol. The van der Waals surface area contributed by atoms with E-state index in [1.807, 2.05) is 30.3 Å². The van der Waals surface area contributed by atoms with Crippen molar-refractivity contribution in [3.63, 3.8) is 0 Å². The summed E-state index contributed by atoms with van der Waals surface area (Å²) in [6.07, 6.45) is 5.09. The summed E-state index contributed by atoms with van der Waals surface area (Å²) in [7, 11) is -0.814. The molecule has 1 aromatic carbocycles. The molecule has 0 radical (unpaired) electrons. The first-order chi connectivity index (χ1) is 8.36. The standard InChI is InChI=1S/C14H21NOS/c16-17(14-8-3-1-4-9-14)13-7-12-15-10-5-2-6-11-15/h1,3-4,8-9H,2,5-7,10-13H2. The molecule has 2 rings (SSSR count). The molecule has 0 aromatic heterocycles. The summed E-state index contributed by atoms with van der Waals surface area (Å²) >= 11 is 0. The summed E-state index contributed by atoms with van der Waals surface area (Å²) in [5, 5.41) is 0. The predicted octanol–water partition coefficient (Wildman–Crippen LogP) is 2.67. The number of hydrogen-bond acceptors (Lipinski definition) is 2. The van der Waals surface area contributed by atoms with E-state index in [2.05, 4.69) is 4.90 Å². The van der Waals surface area contributed by atoms with Gasteiger partial charge in [0.1, 0.15) is 0 Å². The summed E-state index contributed by atoms with van der Waals surface area (Å²) < 4.78 is 12.0. The van der Waals surface area contributed by atoms with Crippen molar-refractivity contribution in [3.05, 3.63) is 30.3 Å². The van der Waals surface area contributed by atoms with Crippen molar-refractivity contribution in [2.45, 2.75) is 30.6 Å². The zero-order chi connectivity index (χ0) is 11.9. The Morgan fingerprint density at radius 3 is 2.47 bits per heavy atom. The van der Waals surface area contributed by atoms with Crippen molar-refractivity contribution in [1.82, 2.24) is 4.90 Å². The van der Waals surface area contributed by atoms with Gasteiger partial charge in [-0.3, -0.25) is 4.21 Å². The van der Waals surface area contributed by atoms with Crippen molar-refractivity contribution in [2.75, 3.05) is 25.4 Å². The Bertz CT molecular complexity index is 346. The van der Waals surface area contributed by atoms with Gasteiger partial charge in [0.05, 0.1) is 10.8 Å². The van der Waals surface area contributed by atoms with Gasteiger partial charge in [-0.15, -0.1) is 0 Å². The summed E-state index contributed by atoms with van der Waals surface area (Å²) in [6.45, 7) is 3.58. The zero-order valence-corrected chi connectivity index (χ0v) is 11.1. The van der Waals surface area contributed by atoms with Crippen LogP contribution in [0.15, 0.2) is 35.2 Å². The average Bonchev–Trinajstić information content (AvgIpc) is 2.41. The van der Waals surface area contributed by atoms with Gasteiger partial charge in [-0.2, -0.15) is 0 Å². The second-order valence-corrected chi connectivity index (χ2v) is 6.19. The van der Waals surface area contributed by atoms with E-state index in [-0.39, 0.29) is 0 Å². The maximum atomic E-state index is 12.0. The molecule has 0 amide bonds. The van der Waals surface area contributed by atoms with Crippen LogP contribution in [-0.2, 0) is 10.8 Å². The minimum absolute atomic E-state index is 0.792. The molecule has 3 heteroatoms. The van der Waals surface area contributed by atoms with Crippen molar-refractivity contribution in [2.24, 2.45) is 0 Å². The maximum absolute atomic E-state index is 12.0. The monoisotopic (exact) mass is 251 g/mol. The fourth-order valence-electron chi connectivity index (χ4n) is 2.29. The Morgan fingerprint density at radius 1 is 1.06 bits per heavy atom. The van der Waals surface area contributed by atoms with E-state index in [0.717, 1.165) is 23.6 Å². The molecule has 1 unspecified atom stereocenters. The first-order valence-electron chi connectivity index (χ1n) is 6.52. The molecular formula is C14H21NOS. The third kappa shape index (κ3) is 4.25. The Balaban J connectivity index is 1.69. The van der Waals surface area contributed by atoms with E-state index in [1.54, 1.807) is 0 Å². The van der Waals surface area contributed by atoms with Crippen LogP contribution in [0.4, 0.5) is 0 Å². The smallest absolute Gasteiger partial charge is 0.0529 e. The van der Waals surface area contributed by atoms with Crippen LogP contribution in [0.5, 0.6) is 0 Å². The number of piperidine rings is 1. The second kappa shape index (κ2) is 6.92. The number of nitrogens with zero attached hydrogens (tertiary/aromatic N) is 1. The third-order valence-electron chi connectivity index (χ3n) is 3.26. The largest absolute Gasteiger partial charge is 0.303 e. The highest BCUT2D eigenvalue weighted by Crippen LogP contribution is 2.10. The second-order valence-electron chi connectivity index (χ2n) is 4.62. The number of likely N-dealkylation sites (tertiary alicyclic amines) is 1. The normalized spacial score (nSPS) is 19.1. The van der Waals surface area contributed by atoms with Crippen molar-refractivity contribution >= 4 is 10.8 Å². The van der Waals surface area contributed by atoms with E-state index in [0.29, 0.717) is 0 Å². The van der Waals surface area contributed by atoms with Gasteiger partial charge in [-0.1, -0.05) is 24.6 Å². The van der Waals surface area contributed by atoms with Crippen molar-refractivity contribution < 1.29 is 4.21 Å². The lowest BCUT2D eigenvalue weighted by Crippen LogP contribution is -2.31. The molecule has 0 N–H and O–H groups in total. The minimum Gasteiger partial charge on any atom is -0.303 e. The van der Waals surface area contributed by atoms with E-state index < -0.39 is 10.8 Å². The topological polar surface area (TPSA) is 20.3 Å². The van der Waals surface area contributed by atoms with Gasteiger partial charge in [-0.05, 0) is 51.0 Å². The first-order valence-corrected chi connectivity index (χ1v) is 7.84. The van der Waals surface area contributed by atoms with Crippen LogP contribution in [0.1, 0.15) is 25.7 Å². The van der Waals surface area contributed by atoms with Crippen molar-refractivity contribution in [3.8, 4) is 0 Å². The molecule has 1 saturated heterocycles. The van der Waals surface area contributed by atoms with Crippen LogP contribution >= 0.6 is 0 Å². The summed E-state index contributed by atoms with van der Waals surface area (Å²) in [5.74, 6) is 0.792. The molecule has 0 saturated carbocycles. The quantitative estimate of drug-likeness (QED) is 0.802. The lowest BCUT2D eigenvalue weighted by molar-refractivity contribution is 0.230.